The highest BCUT2D eigenvalue weighted by Crippen LogP contribution is 2.31. The monoisotopic (exact) mass is 321 g/mol. The van der Waals surface area contributed by atoms with Crippen molar-refractivity contribution in [3.05, 3.63) is 0 Å². The summed E-state index contributed by atoms with van der Waals surface area (Å²) < 4.78 is 11.2. The molecule has 0 aromatic heterocycles. The maximum atomic E-state index is 12.3. The van der Waals surface area contributed by atoms with Crippen molar-refractivity contribution in [1.82, 2.24) is 4.90 Å². The van der Waals surface area contributed by atoms with E-state index in [1.54, 1.807) is 4.90 Å². The van der Waals surface area contributed by atoms with Gasteiger partial charge in [0.25, 0.3) is 0 Å². The van der Waals surface area contributed by atoms with Crippen LogP contribution in [0.1, 0.15) is 47.5 Å². The molecule has 106 valence electrons. The van der Waals surface area contributed by atoms with Gasteiger partial charge in [0.05, 0.1) is 12.6 Å². The summed E-state index contributed by atoms with van der Waals surface area (Å²) in [6.07, 6.45) is 1.65. The predicted octanol–water partition coefficient (Wildman–Crippen LogP) is 3.53. The van der Waals surface area contributed by atoms with Crippen molar-refractivity contribution in [1.29, 1.82) is 0 Å². The summed E-state index contributed by atoms with van der Waals surface area (Å²) >= 11 is 3.42. The van der Waals surface area contributed by atoms with Gasteiger partial charge in [0.2, 0.25) is 0 Å². The Morgan fingerprint density at radius 2 is 2.11 bits per heavy atom. The number of amides is 1. The molecule has 1 aliphatic heterocycles. The van der Waals surface area contributed by atoms with E-state index < -0.39 is 11.3 Å². The summed E-state index contributed by atoms with van der Waals surface area (Å²) in [6.45, 7) is 10.0. The molecular formula is C13H24BrNO3. The molecule has 1 aliphatic rings. The lowest BCUT2D eigenvalue weighted by atomic mass is 10.1. The van der Waals surface area contributed by atoms with Crippen LogP contribution in [0.25, 0.3) is 0 Å². The lowest BCUT2D eigenvalue weighted by molar-refractivity contribution is -0.0626. The molecule has 0 bridgehead atoms. The molecule has 0 aliphatic carbocycles. The highest BCUT2D eigenvalue weighted by molar-refractivity contribution is 9.09. The van der Waals surface area contributed by atoms with Crippen LogP contribution in [0, 0.1) is 0 Å². The molecule has 0 saturated carbocycles. The van der Waals surface area contributed by atoms with Crippen LogP contribution in [-0.4, -0.2) is 40.3 Å². The van der Waals surface area contributed by atoms with Crippen molar-refractivity contribution in [2.75, 3.05) is 11.9 Å². The zero-order valence-electron chi connectivity index (χ0n) is 12.0. The minimum atomic E-state index is -0.584. The Hall–Kier alpha value is -0.290. The van der Waals surface area contributed by atoms with Gasteiger partial charge >= 0.3 is 6.09 Å². The highest BCUT2D eigenvalue weighted by Gasteiger charge is 2.45. The quantitative estimate of drug-likeness (QED) is 0.746. The molecule has 4 nitrogen and oxygen atoms in total. The summed E-state index contributed by atoms with van der Waals surface area (Å²) in [6, 6.07) is 0.104. The molecule has 1 amide bonds. The number of halogens is 1. The zero-order valence-corrected chi connectivity index (χ0v) is 13.5. The second-order valence-corrected chi connectivity index (χ2v) is 6.89. The zero-order chi connectivity index (χ0) is 14.0. The first-order chi connectivity index (χ1) is 8.17. The second-order valence-electron chi connectivity index (χ2n) is 6.09. The molecule has 1 fully saturated rings. The van der Waals surface area contributed by atoms with Gasteiger partial charge in [-0.2, -0.15) is 0 Å². The molecule has 1 heterocycles. The van der Waals surface area contributed by atoms with Gasteiger partial charge in [0, 0.05) is 5.33 Å². The number of hydrogen-bond acceptors (Lipinski definition) is 3. The molecule has 0 unspecified atom stereocenters. The van der Waals surface area contributed by atoms with E-state index in [-0.39, 0.29) is 12.1 Å². The van der Waals surface area contributed by atoms with Crippen LogP contribution in [0.15, 0.2) is 0 Å². The van der Waals surface area contributed by atoms with Crippen LogP contribution >= 0.6 is 15.9 Å². The molecule has 0 N–H and O–H groups in total. The van der Waals surface area contributed by atoms with Crippen molar-refractivity contribution in [2.24, 2.45) is 0 Å². The van der Waals surface area contributed by atoms with Gasteiger partial charge in [0.1, 0.15) is 11.3 Å². The van der Waals surface area contributed by atoms with Crippen LogP contribution < -0.4 is 0 Å². The van der Waals surface area contributed by atoms with E-state index in [0.717, 1.165) is 18.2 Å². The predicted molar refractivity (Wildman–Crippen MR) is 74.9 cm³/mol. The lowest BCUT2D eigenvalue weighted by Crippen LogP contribution is -2.49. The Morgan fingerprint density at radius 3 is 2.61 bits per heavy atom. The number of carbonyl (C=O) groups is 1. The number of alkyl halides is 1. The first-order valence-electron chi connectivity index (χ1n) is 6.39. The Kier molecular flexibility index (Phi) is 5.06. The van der Waals surface area contributed by atoms with Crippen LogP contribution in [0.3, 0.4) is 0 Å². The van der Waals surface area contributed by atoms with E-state index >= 15 is 0 Å². The van der Waals surface area contributed by atoms with Gasteiger partial charge in [0.15, 0.2) is 0 Å². The van der Waals surface area contributed by atoms with Gasteiger partial charge in [-0.1, -0.05) is 15.9 Å². The molecule has 0 aromatic carbocycles. The molecule has 0 aromatic rings. The molecule has 18 heavy (non-hydrogen) atoms. The van der Waals surface area contributed by atoms with Crippen molar-refractivity contribution in [3.63, 3.8) is 0 Å². The summed E-state index contributed by atoms with van der Waals surface area (Å²) in [5, 5.41) is 0.937. The fraction of sp³-hybridized carbons (Fsp3) is 0.923. The molecule has 5 heteroatoms. The van der Waals surface area contributed by atoms with E-state index in [9.17, 15) is 4.79 Å². The van der Waals surface area contributed by atoms with Crippen molar-refractivity contribution < 1.29 is 14.3 Å². The van der Waals surface area contributed by atoms with E-state index in [1.165, 1.54) is 0 Å². The van der Waals surface area contributed by atoms with E-state index in [4.69, 9.17) is 9.47 Å². The third-order valence-electron chi connectivity index (χ3n) is 2.84. The fourth-order valence-corrected chi connectivity index (χ4v) is 2.41. The normalized spacial score (nSPS) is 23.2. The molecule has 1 rings (SSSR count). The Labute approximate surface area is 118 Å². The molecule has 0 radical (unpaired) electrons. The van der Waals surface area contributed by atoms with Gasteiger partial charge in [-0.3, -0.25) is 4.90 Å². The van der Waals surface area contributed by atoms with Gasteiger partial charge < -0.3 is 9.47 Å². The van der Waals surface area contributed by atoms with Crippen molar-refractivity contribution >= 4 is 22.0 Å². The Bertz CT molecular complexity index is 299. The number of hydrogen-bond donors (Lipinski definition) is 0. The molecule has 0 spiro atoms. The van der Waals surface area contributed by atoms with E-state index in [0.29, 0.717) is 6.61 Å². The molecule has 1 atom stereocenters. The first kappa shape index (κ1) is 15.8. The Morgan fingerprint density at radius 1 is 1.50 bits per heavy atom. The van der Waals surface area contributed by atoms with Crippen LogP contribution in [-0.2, 0) is 9.47 Å². The summed E-state index contributed by atoms with van der Waals surface area (Å²) in [4.78, 5) is 14.0. The van der Waals surface area contributed by atoms with Gasteiger partial charge in [-0.25, -0.2) is 4.79 Å². The van der Waals surface area contributed by atoms with Crippen LogP contribution in [0.5, 0.6) is 0 Å². The fourth-order valence-electron chi connectivity index (χ4n) is 2.09. The maximum Gasteiger partial charge on any atom is 0.412 e. The molecular weight excluding hydrogens is 298 g/mol. The van der Waals surface area contributed by atoms with E-state index in [1.807, 2.05) is 34.6 Å². The summed E-state index contributed by atoms with van der Waals surface area (Å²) in [5.74, 6) is 0. The number of carbonyl (C=O) groups excluding carboxylic acids is 1. The maximum absolute atomic E-state index is 12.3. The van der Waals surface area contributed by atoms with Crippen molar-refractivity contribution in [2.45, 2.75) is 64.8 Å². The SMILES string of the molecule is CC(C)(C)OC(=O)N1[C@H](CCCBr)COC1(C)C. The standard InChI is InChI=1S/C13H24BrNO3/c1-12(2,3)18-11(16)15-10(7-6-8-14)9-17-13(15,4)5/h10H,6-9H2,1-5H3/t10-/m1/s1. The topological polar surface area (TPSA) is 38.8 Å². The highest BCUT2D eigenvalue weighted by atomic mass is 79.9. The number of nitrogens with zero attached hydrogens (tertiary/aromatic N) is 1. The van der Waals surface area contributed by atoms with Gasteiger partial charge in [-0.05, 0) is 47.5 Å². The first-order valence-corrected chi connectivity index (χ1v) is 7.52. The molecule has 1 saturated heterocycles. The number of rotatable bonds is 3. The van der Waals surface area contributed by atoms with Gasteiger partial charge in [-0.15, -0.1) is 0 Å². The average Bonchev–Trinajstić information content (AvgIpc) is 2.48. The second kappa shape index (κ2) is 5.78. The smallest absolute Gasteiger partial charge is 0.412 e. The summed E-state index contributed by atoms with van der Waals surface area (Å²) in [7, 11) is 0. The van der Waals surface area contributed by atoms with Crippen LogP contribution in [0.2, 0.25) is 0 Å². The summed E-state index contributed by atoms with van der Waals surface area (Å²) in [5.41, 5.74) is -1.06. The third kappa shape index (κ3) is 4.12. The number of ether oxygens (including phenoxy) is 2. The largest absolute Gasteiger partial charge is 0.444 e. The van der Waals surface area contributed by atoms with Crippen LogP contribution in [0.4, 0.5) is 4.79 Å². The van der Waals surface area contributed by atoms with E-state index in [2.05, 4.69) is 15.9 Å². The minimum absolute atomic E-state index is 0.104. The average molecular weight is 322 g/mol. The minimum Gasteiger partial charge on any atom is -0.444 e. The lowest BCUT2D eigenvalue weighted by Gasteiger charge is -2.35. The van der Waals surface area contributed by atoms with Crippen molar-refractivity contribution in [3.8, 4) is 0 Å². The Balaban J connectivity index is 2.75. The third-order valence-corrected chi connectivity index (χ3v) is 3.40.